The zero-order valence-electron chi connectivity index (χ0n) is 13.3. The van der Waals surface area contributed by atoms with E-state index in [0.29, 0.717) is 5.01 Å². The number of rotatable bonds is 6. The fraction of sp³-hybridized carbons (Fsp3) is 0.0588. The first-order valence-corrected chi connectivity index (χ1v) is 10.2. The van der Waals surface area contributed by atoms with Gasteiger partial charge in [0.15, 0.2) is 0 Å². The Kier molecular flexibility index (Phi) is 5.67. The highest BCUT2D eigenvalue weighted by molar-refractivity contribution is 7.89. The van der Waals surface area contributed by atoms with Crippen LogP contribution in [0.1, 0.15) is 5.01 Å². The van der Waals surface area contributed by atoms with Crippen LogP contribution in [0.2, 0.25) is 5.02 Å². The van der Waals surface area contributed by atoms with E-state index in [4.69, 9.17) is 11.6 Å². The molecule has 26 heavy (non-hydrogen) atoms. The number of nitrogens with one attached hydrogen (secondary N) is 2. The molecule has 2 aromatic carbocycles. The maximum Gasteiger partial charge on any atom is 0.257 e. The van der Waals surface area contributed by atoms with Gasteiger partial charge in [-0.15, -0.1) is 16.2 Å². The lowest BCUT2D eigenvalue weighted by Crippen LogP contribution is -2.42. The molecule has 0 atom stereocenters. The van der Waals surface area contributed by atoms with Crippen LogP contribution < -0.4 is 10.3 Å². The second-order valence-corrected chi connectivity index (χ2v) is 8.34. The molecule has 9 heteroatoms. The molecule has 0 spiro atoms. The van der Waals surface area contributed by atoms with Crippen molar-refractivity contribution in [1.29, 1.82) is 0 Å². The molecule has 3 rings (SSSR count). The van der Waals surface area contributed by atoms with Crippen molar-refractivity contribution in [1.82, 2.24) is 15.2 Å². The Morgan fingerprint density at radius 1 is 1.12 bits per heavy atom. The van der Waals surface area contributed by atoms with E-state index in [1.54, 1.807) is 6.07 Å². The molecule has 0 aliphatic carbocycles. The average molecular weight is 408 g/mol. The Morgan fingerprint density at radius 3 is 2.62 bits per heavy atom. The van der Waals surface area contributed by atoms with Crippen LogP contribution in [0.3, 0.4) is 0 Å². The number of nitrogens with zero attached hydrogens (tertiary/aromatic N) is 1. The number of hydrogen-bond acceptors (Lipinski definition) is 5. The molecule has 1 aromatic heterocycles. The van der Waals surface area contributed by atoms with E-state index in [9.17, 15) is 13.2 Å². The highest BCUT2D eigenvalue weighted by Gasteiger charge is 2.16. The number of carbonyl (C=O) groups is 1. The number of thiazole rings is 1. The van der Waals surface area contributed by atoms with Crippen LogP contribution in [0.5, 0.6) is 0 Å². The first-order valence-electron chi connectivity index (χ1n) is 7.50. The van der Waals surface area contributed by atoms with E-state index < -0.39 is 15.9 Å². The predicted octanol–water partition coefficient (Wildman–Crippen LogP) is 3.02. The SMILES string of the molecule is O=C(Cc1nc(-c2ccccc2)cs1)NNS(=O)(=O)c1cccc(Cl)c1. The molecule has 0 aliphatic heterocycles. The lowest BCUT2D eigenvalue weighted by atomic mass is 10.2. The molecule has 0 unspecified atom stereocenters. The van der Waals surface area contributed by atoms with Crippen LogP contribution in [0.15, 0.2) is 64.9 Å². The van der Waals surface area contributed by atoms with E-state index >= 15 is 0 Å². The van der Waals surface area contributed by atoms with E-state index in [0.717, 1.165) is 11.3 Å². The minimum Gasteiger partial charge on any atom is -0.277 e. The molecule has 6 nitrogen and oxygen atoms in total. The Labute approximate surface area is 159 Å². The molecule has 3 aromatic rings. The number of sulfonamides is 1. The number of benzene rings is 2. The van der Waals surface area contributed by atoms with Gasteiger partial charge in [-0.2, -0.15) is 0 Å². The maximum absolute atomic E-state index is 12.1. The summed E-state index contributed by atoms with van der Waals surface area (Å²) in [5.41, 5.74) is 3.92. The highest BCUT2D eigenvalue weighted by Crippen LogP contribution is 2.21. The van der Waals surface area contributed by atoms with Crippen LogP contribution in [0.25, 0.3) is 11.3 Å². The molecule has 0 aliphatic rings. The van der Waals surface area contributed by atoms with E-state index in [1.807, 2.05) is 35.7 Å². The number of hydrogen-bond donors (Lipinski definition) is 2. The Morgan fingerprint density at radius 2 is 1.88 bits per heavy atom. The number of halogens is 1. The van der Waals surface area contributed by atoms with Gasteiger partial charge in [-0.3, -0.25) is 10.2 Å². The molecule has 134 valence electrons. The summed E-state index contributed by atoms with van der Waals surface area (Å²) < 4.78 is 24.3. The molecular formula is C17H14ClN3O3S2. The number of aromatic nitrogens is 1. The first kappa shape index (κ1) is 18.5. The zero-order valence-corrected chi connectivity index (χ0v) is 15.7. The van der Waals surface area contributed by atoms with Gasteiger partial charge >= 0.3 is 0 Å². The Balaban J connectivity index is 1.60. The molecule has 1 heterocycles. The van der Waals surface area contributed by atoms with Gasteiger partial charge in [-0.25, -0.2) is 13.4 Å². The molecule has 1 amide bonds. The van der Waals surface area contributed by atoms with Gasteiger partial charge in [0.2, 0.25) is 5.91 Å². The van der Waals surface area contributed by atoms with Gasteiger partial charge in [0.05, 0.1) is 17.0 Å². The van der Waals surface area contributed by atoms with Crippen molar-refractivity contribution in [2.24, 2.45) is 0 Å². The van der Waals surface area contributed by atoms with Crippen molar-refractivity contribution < 1.29 is 13.2 Å². The largest absolute Gasteiger partial charge is 0.277 e. The lowest BCUT2D eigenvalue weighted by Gasteiger charge is -2.08. The van der Waals surface area contributed by atoms with Gasteiger partial charge < -0.3 is 0 Å². The van der Waals surface area contributed by atoms with Crippen molar-refractivity contribution in [3.05, 3.63) is 70.0 Å². The van der Waals surface area contributed by atoms with Gasteiger partial charge in [0.25, 0.3) is 10.0 Å². The summed E-state index contributed by atoms with van der Waals surface area (Å²) in [5.74, 6) is -0.510. The quantitative estimate of drug-likeness (QED) is 0.615. The van der Waals surface area contributed by atoms with Crippen LogP contribution in [0.4, 0.5) is 0 Å². The fourth-order valence-electron chi connectivity index (χ4n) is 2.13. The minimum atomic E-state index is -3.89. The number of amides is 1. The van der Waals surface area contributed by atoms with Crippen LogP contribution in [0, 0.1) is 0 Å². The van der Waals surface area contributed by atoms with E-state index in [1.165, 1.54) is 29.5 Å². The zero-order chi connectivity index (χ0) is 18.6. The minimum absolute atomic E-state index is 0.0322. The van der Waals surface area contributed by atoms with Crippen molar-refractivity contribution in [3.63, 3.8) is 0 Å². The van der Waals surface area contributed by atoms with Gasteiger partial charge in [0.1, 0.15) is 5.01 Å². The molecule has 0 saturated carbocycles. The molecule has 0 radical (unpaired) electrons. The summed E-state index contributed by atoms with van der Waals surface area (Å²) in [6.07, 6.45) is -0.0322. The normalized spacial score (nSPS) is 11.3. The van der Waals surface area contributed by atoms with E-state index in [-0.39, 0.29) is 16.3 Å². The van der Waals surface area contributed by atoms with Crippen LogP contribution in [-0.4, -0.2) is 19.3 Å². The third kappa shape index (κ3) is 4.67. The smallest absolute Gasteiger partial charge is 0.257 e. The third-order valence-corrected chi connectivity index (χ3v) is 5.69. The summed E-state index contributed by atoms with van der Waals surface area (Å²) in [6, 6.07) is 15.3. The summed E-state index contributed by atoms with van der Waals surface area (Å²) in [5, 5.41) is 2.73. The van der Waals surface area contributed by atoms with Crippen molar-refractivity contribution >= 4 is 38.9 Å². The number of carbonyl (C=O) groups excluding carboxylic acids is 1. The van der Waals surface area contributed by atoms with Crippen LogP contribution in [-0.2, 0) is 21.2 Å². The molecule has 0 bridgehead atoms. The van der Waals surface area contributed by atoms with Crippen molar-refractivity contribution in [2.45, 2.75) is 11.3 Å². The average Bonchev–Trinajstić information content (AvgIpc) is 3.09. The maximum atomic E-state index is 12.1. The molecule has 0 fully saturated rings. The van der Waals surface area contributed by atoms with Crippen molar-refractivity contribution in [3.8, 4) is 11.3 Å². The standard InChI is InChI=1S/C17H14ClN3O3S2/c18-13-7-4-8-14(9-13)26(23,24)21-20-16(22)10-17-19-15(11-25-17)12-5-2-1-3-6-12/h1-9,11,21H,10H2,(H,20,22). The van der Waals surface area contributed by atoms with Crippen molar-refractivity contribution in [2.75, 3.05) is 0 Å². The number of hydrazine groups is 1. The summed E-state index contributed by atoms with van der Waals surface area (Å²) >= 11 is 7.13. The molecular weight excluding hydrogens is 394 g/mol. The van der Waals surface area contributed by atoms with E-state index in [2.05, 4.69) is 15.2 Å². The lowest BCUT2D eigenvalue weighted by molar-refractivity contribution is -0.120. The van der Waals surface area contributed by atoms with Crippen LogP contribution >= 0.6 is 22.9 Å². The van der Waals surface area contributed by atoms with Gasteiger partial charge in [0, 0.05) is 16.0 Å². The Bertz CT molecular complexity index is 1020. The second-order valence-electron chi connectivity index (χ2n) is 5.28. The summed E-state index contributed by atoms with van der Waals surface area (Å²) in [4.78, 5) is 18.4. The van der Waals surface area contributed by atoms with Gasteiger partial charge in [-0.05, 0) is 18.2 Å². The first-order chi connectivity index (χ1) is 12.4. The second kappa shape index (κ2) is 7.96. The predicted molar refractivity (Wildman–Crippen MR) is 101 cm³/mol. The molecule has 2 N–H and O–H groups in total. The van der Waals surface area contributed by atoms with Gasteiger partial charge in [-0.1, -0.05) is 48.0 Å². The summed E-state index contributed by atoms with van der Waals surface area (Å²) in [7, 11) is -3.89. The third-order valence-electron chi connectivity index (χ3n) is 3.36. The topological polar surface area (TPSA) is 88.2 Å². The highest BCUT2D eigenvalue weighted by atomic mass is 35.5. The Hall–Kier alpha value is -2.26. The molecule has 0 saturated heterocycles. The summed E-state index contributed by atoms with van der Waals surface area (Å²) in [6.45, 7) is 0. The fourth-order valence-corrected chi connectivity index (χ4v) is 4.10. The monoisotopic (exact) mass is 407 g/mol.